The van der Waals surface area contributed by atoms with Crippen LogP contribution in [-0.4, -0.2) is 35.9 Å². The van der Waals surface area contributed by atoms with Gasteiger partial charge in [-0.1, -0.05) is 30.3 Å². The summed E-state index contributed by atoms with van der Waals surface area (Å²) in [6.07, 6.45) is 1.86. The van der Waals surface area contributed by atoms with Gasteiger partial charge in [-0.05, 0) is 5.56 Å². The molecule has 0 unspecified atom stereocenters. The Hall–Kier alpha value is -2.02. The molecular weight excluding hydrogens is 200 g/mol. The maximum atomic E-state index is 8.64. The van der Waals surface area contributed by atoms with Crippen molar-refractivity contribution in [1.82, 2.24) is 9.80 Å². The monoisotopic (exact) mass is 214 g/mol. The van der Waals surface area contributed by atoms with E-state index in [1.807, 2.05) is 36.3 Å². The van der Waals surface area contributed by atoms with Crippen LogP contribution in [0.25, 0.3) is 0 Å². The molecule has 1 saturated heterocycles. The van der Waals surface area contributed by atoms with Gasteiger partial charge in [0, 0.05) is 26.7 Å². The van der Waals surface area contributed by atoms with Crippen molar-refractivity contribution in [2.75, 3.05) is 20.1 Å². The summed E-state index contributed by atoms with van der Waals surface area (Å²) < 4.78 is 0. The molecule has 0 N–H and O–H groups in total. The van der Waals surface area contributed by atoms with Gasteiger partial charge in [-0.2, -0.15) is 5.26 Å². The molecule has 82 valence electrons. The molecule has 0 atom stereocenters. The van der Waals surface area contributed by atoms with Gasteiger partial charge in [0.2, 0.25) is 12.2 Å². The molecule has 16 heavy (non-hydrogen) atoms. The number of hydrogen-bond donors (Lipinski definition) is 0. The van der Waals surface area contributed by atoms with E-state index in [0.717, 1.165) is 25.6 Å². The van der Waals surface area contributed by atoms with E-state index in [9.17, 15) is 0 Å². The number of guanidine groups is 1. The number of likely N-dealkylation sites (N-methyl/N-ethyl adjacent to an activating group) is 1. The zero-order chi connectivity index (χ0) is 11.4. The Morgan fingerprint density at radius 2 is 2.06 bits per heavy atom. The quantitative estimate of drug-likeness (QED) is 0.696. The summed E-state index contributed by atoms with van der Waals surface area (Å²) in [6.45, 7) is 2.66. The average molecular weight is 214 g/mol. The van der Waals surface area contributed by atoms with Gasteiger partial charge >= 0.3 is 0 Å². The Kier molecular flexibility index (Phi) is 3.06. The summed E-state index contributed by atoms with van der Waals surface area (Å²) in [5, 5.41) is 8.64. The summed E-state index contributed by atoms with van der Waals surface area (Å²) in [5.74, 6) is 0.770. The largest absolute Gasteiger partial charge is 0.343 e. The average Bonchev–Trinajstić information content (AvgIpc) is 2.64. The second kappa shape index (κ2) is 4.67. The normalized spacial score (nSPS) is 17.9. The van der Waals surface area contributed by atoms with Crippen LogP contribution in [0.15, 0.2) is 35.3 Å². The molecule has 1 aliphatic heterocycles. The predicted octanol–water partition coefficient (Wildman–Crippen LogP) is 1.27. The summed E-state index contributed by atoms with van der Waals surface area (Å²) in [5.41, 5.74) is 1.24. The Morgan fingerprint density at radius 3 is 2.75 bits per heavy atom. The first-order valence-electron chi connectivity index (χ1n) is 5.28. The molecule has 0 bridgehead atoms. The van der Waals surface area contributed by atoms with Gasteiger partial charge in [0.1, 0.15) is 0 Å². The van der Waals surface area contributed by atoms with E-state index in [1.54, 1.807) is 0 Å². The van der Waals surface area contributed by atoms with Crippen LogP contribution in [-0.2, 0) is 6.54 Å². The van der Waals surface area contributed by atoms with Crippen LogP contribution in [0, 0.1) is 11.5 Å². The number of aliphatic imine (C=N–C) groups is 1. The molecule has 1 fully saturated rings. The molecule has 1 aliphatic rings. The molecule has 2 rings (SSSR count). The first-order valence-corrected chi connectivity index (χ1v) is 5.28. The third kappa shape index (κ3) is 2.14. The van der Waals surface area contributed by atoms with Gasteiger partial charge in [-0.15, -0.1) is 4.99 Å². The Morgan fingerprint density at radius 1 is 1.31 bits per heavy atom. The Labute approximate surface area is 95.4 Å². The van der Waals surface area contributed by atoms with E-state index in [1.165, 1.54) is 5.56 Å². The van der Waals surface area contributed by atoms with Crippen LogP contribution < -0.4 is 0 Å². The molecule has 1 aromatic rings. The van der Waals surface area contributed by atoms with Crippen molar-refractivity contribution in [3.63, 3.8) is 0 Å². The van der Waals surface area contributed by atoms with Gasteiger partial charge in [0.15, 0.2) is 0 Å². The predicted molar refractivity (Wildman–Crippen MR) is 62.5 cm³/mol. The van der Waals surface area contributed by atoms with E-state index in [4.69, 9.17) is 5.26 Å². The number of nitrogens with zero attached hydrogens (tertiary/aromatic N) is 4. The lowest BCUT2D eigenvalue weighted by Gasteiger charge is -2.19. The number of hydrogen-bond acceptors (Lipinski definition) is 2. The second-order valence-corrected chi connectivity index (χ2v) is 3.84. The van der Waals surface area contributed by atoms with Crippen LogP contribution in [0.3, 0.4) is 0 Å². The lowest BCUT2D eigenvalue weighted by molar-refractivity contribution is 0.457. The van der Waals surface area contributed by atoms with Crippen LogP contribution in [0.2, 0.25) is 0 Å². The topological polar surface area (TPSA) is 42.6 Å². The van der Waals surface area contributed by atoms with Crippen LogP contribution in [0.1, 0.15) is 5.56 Å². The van der Waals surface area contributed by atoms with Crippen molar-refractivity contribution < 1.29 is 0 Å². The van der Waals surface area contributed by atoms with E-state index >= 15 is 0 Å². The molecule has 4 heteroatoms. The fourth-order valence-electron chi connectivity index (χ4n) is 1.87. The minimum absolute atomic E-state index is 0.770. The third-order valence-electron chi connectivity index (χ3n) is 2.70. The summed E-state index contributed by atoms with van der Waals surface area (Å²) >= 11 is 0. The van der Waals surface area contributed by atoms with E-state index in [0.29, 0.717) is 0 Å². The van der Waals surface area contributed by atoms with Crippen molar-refractivity contribution in [3.8, 4) is 6.19 Å². The standard InChI is InChI=1S/C12H14N4/c1-15-7-8-16(12(15)14-10-13)9-11-5-3-2-4-6-11/h2-6H,7-9H2,1H3. The van der Waals surface area contributed by atoms with Crippen molar-refractivity contribution in [2.24, 2.45) is 4.99 Å². The zero-order valence-electron chi connectivity index (χ0n) is 9.30. The van der Waals surface area contributed by atoms with Gasteiger partial charge in [-0.25, -0.2) is 0 Å². The molecule has 4 nitrogen and oxygen atoms in total. The van der Waals surface area contributed by atoms with Gasteiger partial charge in [-0.3, -0.25) is 0 Å². The second-order valence-electron chi connectivity index (χ2n) is 3.84. The SMILES string of the molecule is CN1CCN(Cc2ccccc2)C1=NC#N. The highest BCUT2D eigenvalue weighted by molar-refractivity contribution is 5.82. The smallest absolute Gasteiger partial charge is 0.212 e. The summed E-state index contributed by atoms with van der Waals surface area (Å²) in [6, 6.07) is 10.2. The lowest BCUT2D eigenvalue weighted by atomic mass is 10.2. The van der Waals surface area contributed by atoms with Gasteiger partial charge < -0.3 is 9.80 Å². The van der Waals surface area contributed by atoms with E-state index < -0.39 is 0 Å². The maximum Gasteiger partial charge on any atom is 0.212 e. The Balaban J connectivity index is 2.11. The van der Waals surface area contributed by atoms with Crippen LogP contribution in [0.5, 0.6) is 0 Å². The zero-order valence-corrected chi connectivity index (χ0v) is 9.30. The molecular formula is C12H14N4. The molecule has 0 radical (unpaired) electrons. The van der Waals surface area contributed by atoms with Gasteiger partial charge in [0.25, 0.3) is 0 Å². The summed E-state index contributed by atoms with van der Waals surface area (Å²) in [7, 11) is 1.96. The lowest BCUT2D eigenvalue weighted by Crippen LogP contribution is -2.30. The number of nitriles is 1. The maximum absolute atomic E-state index is 8.64. The van der Waals surface area contributed by atoms with Crippen LogP contribution in [0.4, 0.5) is 0 Å². The number of benzene rings is 1. The van der Waals surface area contributed by atoms with Crippen molar-refractivity contribution in [1.29, 1.82) is 5.26 Å². The summed E-state index contributed by atoms with van der Waals surface area (Å²) in [4.78, 5) is 7.99. The Bertz CT molecular complexity index is 418. The van der Waals surface area contributed by atoms with Crippen LogP contribution >= 0.6 is 0 Å². The van der Waals surface area contributed by atoms with Crippen molar-refractivity contribution in [2.45, 2.75) is 6.54 Å². The minimum atomic E-state index is 0.770. The third-order valence-corrected chi connectivity index (χ3v) is 2.70. The molecule has 1 heterocycles. The fraction of sp³-hybridized carbons (Fsp3) is 0.333. The van der Waals surface area contributed by atoms with E-state index in [-0.39, 0.29) is 0 Å². The molecule has 0 saturated carbocycles. The minimum Gasteiger partial charge on any atom is -0.343 e. The first-order chi connectivity index (χ1) is 7.81. The van der Waals surface area contributed by atoms with E-state index in [2.05, 4.69) is 22.0 Å². The molecule has 0 amide bonds. The fourth-order valence-corrected chi connectivity index (χ4v) is 1.87. The van der Waals surface area contributed by atoms with Crippen molar-refractivity contribution >= 4 is 5.96 Å². The molecule has 1 aromatic carbocycles. The molecule has 0 spiro atoms. The molecule has 0 aromatic heterocycles. The first kappa shape index (κ1) is 10.5. The highest BCUT2D eigenvalue weighted by atomic mass is 15.4. The highest BCUT2D eigenvalue weighted by Crippen LogP contribution is 2.11. The highest BCUT2D eigenvalue weighted by Gasteiger charge is 2.23. The van der Waals surface area contributed by atoms with Crippen molar-refractivity contribution in [3.05, 3.63) is 35.9 Å². The number of rotatable bonds is 2. The van der Waals surface area contributed by atoms with Gasteiger partial charge in [0.05, 0.1) is 0 Å². The molecule has 0 aliphatic carbocycles.